The maximum Gasteiger partial charge on any atom is 0.410 e. The van der Waals surface area contributed by atoms with Crippen molar-refractivity contribution in [1.29, 1.82) is 0 Å². The van der Waals surface area contributed by atoms with E-state index in [2.05, 4.69) is 14.9 Å². The molecule has 1 amide bonds. The molecule has 0 unspecified atom stereocenters. The minimum Gasteiger partial charge on any atom is -0.444 e. The van der Waals surface area contributed by atoms with E-state index in [9.17, 15) is 9.59 Å². The van der Waals surface area contributed by atoms with Crippen LogP contribution in [0.3, 0.4) is 0 Å². The number of ketones is 1. The van der Waals surface area contributed by atoms with Gasteiger partial charge in [-0.3, -0.25) is 4.79 Å². The molecule has 5 rings (SSSR count). The largest absolute Gasteiger partial charge is 0.444 e. The maximum absolute atomic E-state index is 13.0. The van der Waals surface area contributed by atoms with Gasteiger partial charge in [0.25, 0.3) is 0 Å². The summed E-state index contributed by atoms with van der Waals surface area (Å²) in [7, 11) is 0. The number of likely N-dealkylation sites (tertiary alicyclic amines) is 1. The number of ether oxygens (including phenoxy) is 1. The number of rotatable bonds is 6. The van der Waals surface area contributed by atoms with E-state index in [-0.39, 0.29) is 12.0 Å². The minimum atomic E-state index is -0.496. The number of anilines is 1. The SMILES string of the molecule is CC(C)(C)OC(=O)N1CCC(C(=O)C[C@@H]2CCN(c3cccc(-c4ncc(C5CC5)[nH]4)n3)C2)CC1. The molecule has 2 aromatic heterocycles. The van der Waals surface area contributed by atoms with Crippen molar-refractivity contribution in [2.24, 2.45) is 11.8 Å². The van der Waals surface area contributed by atoms with Crippen LogP contribution in [0.15, 0.2) is 24.4 Å². The molecule has 0 aromatic carbocycles. The molecule has 0 bridgehead atoms. The van der Waals surface area contributed by atoms with E-state index in [1.807, 2.05) is 45.2 Å². The van der Waals surface area contributed by atoms with Gasteiger partial charge in [0.2, 0.25) is 0 Å². The number of nitrogens with zero attached hydrogens (tertiary/aromatic N) is 4. The number of amides is 1. The van der Waals surface area contributed by atoms with Crippen molar-refractivity contribution in [3.8, 4) is 11.5 Å². The Morgan fingerprint density at radius 1 is 1.09 bits per heavy atom. The summed E-state index contributed by atoms with van der Waals surface area (Å²) in [6.07, 6.45) is 7.21. The first-order chi connectivity index (χ1) is 16.7. The number of hydrogen-bond donors (Lipinski definition) is 1. The van der Waals surface area contributed by atoms with E-state index >= 15 is 0 Å². The average molecular weight is 480 g/mol. The van der Waals surface area contributed by atoms with Crippen LogP contribution in [0.5, 0.6) is 0 Å². The number of Topliss-reactive ketones (excluding diaryl/α,β-unsaturated/α-hetero) is 1. The van der Waals surface area contributed by atoms with Crippen LogP contribution >= 0.6 is 0 Å². The van der Waals surface area contributed by atoms with E-state index < -0.39 is 5.60 Å². The van der Waals surface area contributed by atoms with Crippen molar-refractivity contribution >= 4 is 17.7 Å². The lowest BCUT2D eigenvalue weighted by atomic mass is 9.87. The predicted molar refractivity (Wildman–Crippen MR) is 134 cm³/mol. The second kappa shape index (κ2) is 9.63. The van der Waals surface area contributed by atoms with Crippen LogP contribution in [0.2, 0.25) is 0 Å². The monoisotopic (exact) mass is 479 g/mol. The van der Waals surface area contributed by atoms with Crippen LogP contribution in [0.25, 0.3) is 11.5 Å². The smallest absolute Gasteiger partial charge is 0.410 e. The number of nitrogens with one attached hydrogen (secondary N) is 1. The fraction of sp³-hybridized carbons (Fsp3) is 0.630. The second-order valence-corrected chi connectivity index (χ2v) is 11.4. The zero-order chi connectivity index (χ0) is 24.6. The number of H-pyrrole nitrogens is 1. The van der Waals surface area contributed by atoms with Gasteiger partial charge in [0.1, 0.15) is 22.9 Å². The number of piperidine rings is 1. The molecular weight excluding hydrogens is 442 g/mol. The first-order valence-electron chi connectivity index (χ1n) is 13.0. The summed E-state index contributed by atoms with van der Waals surface area (Å²) < 4.78 is 5.47. The second-order valence-electron chi connectivity index (χ2n) is 11.4. The summed E-state index contributed by atoms with van der Waals surface area (Å²) in [6, 6.07) is 6.08. The third-order valence-corrected chi connectivity index (χ3v) is 7.29. The molecule has 1 atom stereocenters. The van der Waals surface area contributed by atoms with Crippen molar-refractivity contribution in [3.63, 3.8) is 0 Å². The summed E-state index contributed by atoms with van der Waals surface area (Å²) in [5.74, 6) is 3.15. The van der Waals surface area contributed by atoms with Crippen LogP contribution in [0, 0.1) is 11.8 Å². The van der Waals surface area contributed by atoms with Crippen molar-refractivity contribution in [2.45, 2.75) is 70.8 Å². The molecular formula is C27H37N5O3. The highest BCUT2D eigenvalue weighted by molar-refractivity contribution is 5.81. The third-order valence-electron chi connectivity index (χ3n) is 7.29. The Morgan fingerprint density at radius 2 is 1.86 bits per heavy atom. The van der Waals surface area contributed by atoms with Crippen LogP contribution in [-0.4, -0.2) is 63.5 Å². The summed E-state index contributed by atoms with van der Waals surface area (Å²) in [5.41, 5.74) is 1.58. The molecule has 2 saturated heterocycles. The first kappa shape index (κ1) is 23.8. The molecule has 188 valence electrons. The Balaban J connectivity index is 1.11. The molecule has 0 radical (unpaired) electrons. The van der Waals surface area contributed by atoms with Gasteiger partial charge in [0, 0.05) is 56.3 Å². The maximum atomic E-state index is 13.0. The first-order valence-corrected chi connectivity index (χ1v) is 13.0. The molecule has 1 aliphatic carbocycles. The molecule has 1 N–H and O–H groups in total. The van der Waals surface area contributed by atoms with Crippen molar-refractivity contribution in [2.75, 3.05) is 31.1 Å². The quantitative estimate of drug-likeness (QED) is 0.641. The number of imidazole rings is 1. The Bertz CT molecular complexity index is 1060. The Morgan fingerprint density at radius 3 is 2.57 bits per heavy atom. The highest BCUT2D eigenvalue weighted by atomic mass is 16.6. The van der Waals surface area contributed by atoms with E-state index in [4.69, 9.17) is 9.72 Å². The molecule has 1 saturated carbocycles. The molecule has 2 aromatic rings. The summed E-state index contributed by atoms with van der Waals surface area (Å²) in [6.45, 7) is 8.57. The number of hydrogen-bond acceptors (Lipinski definition) is 6. The van der Waals surface area contributed by atoms with Gasteiger partial charge in [0.15, 0.2) is 5.82 Å². The van der Waals surface area contributed by atoms with Crippen LogP contribution in [0.1, 0.15) is 70.9 Å². The average Bonchev–Trinajstić information content (AvgIpc) is 3.37. The Hall–Kier alpha value is -2.90. The lowest BCUT2D eigenvalue weighted by Crippen LogP contribution is -2.43. The summed E-state index contributed by atoms with van der Waals surface area (Å²) in [4.78, 5) is 42.2. The van der Waals surface area contributed by atoms with Crippen molar-refractivity contribution in [3.05, 3.63) is 30.1 Å². The lowest BCUT2D eigenvalue weighted by Gasteiger charge is -2.33. The van der Waals surface area contributed by atoms with Gasteiger partial charge in [-0.2, -0.15) is 0 Å². The molecule has 3 fully saturated rings. The Labute approximate surface area is 207 Å². The van der Waals surface area contributed by atoms with E-state index in [1.54, 1.807) is 4.90 Å². The van der Waals surface area contributed by atoms with Gasteiger partial charge in [-0.15, -0.1) is 0 Å². The highest BCUT2D eigenvalue weighted by Gasteiger charge is 2.33. The fourth-order valence-electron chi connectivity index (χ4n) is 5.17. The molecule has 8 nitrogen and oxygen atoms in total. The predicted octanol–water partition coefficient (Wildman–Crippen LogP) is 4.78. The Kier molecular flexibility index (Phi) is 6.55. The van der Waals surface area contributed by atoms with Gasteiger partial charge in [-0.1, -0.05) is 6.07 Å². The topological polar surface area (TPSA) is 91.4 Å². The number of pyridine rings is 1. The number of aromatic nitrogens is 3. The van der Waals surface area contributed by atoms with E-state index in [1.165, 1.54) is 18.5 Å². The van der Waals surface area contributed by atoms with Crippen molar-refractivity contribution < 1.29 is 14.3 Å². The molecule has 3 aliphatic rings. The normalized spacial score (nSPS) is 21.4. The summed E-state index contributed by atoms with van der Waals surface area (Å²) in [5, 5.41) is 0. The van der Waals surface area contributed by atoms with Gasteiger partial charge >= 0.3 is 6.09 Å². The summed E-state index contributed by atoms with van der Waals surface area (Å²) >= 11 is 0. The zero-order valence-corrected chi connectivity index (χ0v) is 21.1. The van der Waals surface area contributed by atoms with Gasteiger partial charge < -0.3 is 19.5 Å². The molecule has 0 spiro atoms. The molecule has 35 heavy (non-hydrogen) atoms. The highest BCUT2D eigenvalue weighted by Crippen LogP contribution is 2.39. The zero-order valence-electron chi connectivity index (χ0n) is 21.1. The minimum absolute atomic E-state index is 0.0452. The van der Waals surface area contributed by atoms with Crippen molar-refractivity contribution in [1.82, 2.24) is 19.9 Å². The van der Waals surface area contributed by atoms with E-state index in [0.29, 0.717) is 37.1 Å². The number of aromatic amines is 1. The lowest BCUT2D eigenvalue weighted by molar-refractivity contribution is -0.125. The molecule has 4 heterocycles. The van der Waals surface area contributed by atoms with Crippen LogP contribution < -0.4 is 4.90 Å². The fourth-order valence-corrected chi connectivity index (χ4v) is 5.17. The number of carbonyl (C=O) groups is 2. The van der Waals surface area contributed by atoms with Gasteiger partial charge in [0.05, 0.1) is 0 Å². The molecule has 2 aliphatic heterocycles. The van der Waals surface area contributed by atoms with E-state index in [0.717, 1.165) is 49.7 Å². The number of carbonyl (C=O) groups excluding carboxylic acids is 2. The third kappa shape index (κ3) is 5.85. The van der Waals surface area contributed by atoms with Gasteiger partial charge in [-0.05, 0) is 70.9 Å². The molecule has 8 heteroatoms. The standard InChI is InChI=1S/C27H37N5O3/c1-27(2,3)35-26(34)31-13-10-20(11-14-31)23(33)15-18-9-12-32(17-18)24-6-4-5-21(29-24)25-28-16-22(30-25)19-7-8-19/h4-6,16,18-20H,7-15,17H2,1-3H3,(H,28,30)/t18-/m0/s1. The van der Waals surface area contributed by atoms with Crippen LogP contribution in [0.4, 0.5) is 10.6 Å². The van der Waals surface area contributed by atoms with Gasteiger partial charge in [-0.25, -0.2) is 14.8 Å². The van der Waals surface area contributed by atoms with Crippen LogP contribution in [-0.2, 0) is 9.53 Å².